The summed E-state index contributed by atoms with van der Waals surface area (Å²) in [6.07, 6.45) is 6.83. The van der Waals surface area contributed by atoms with Gasteiger partial charge in [0, 0.05) is 18.9 Å². The van der Waals surface area contributed by atoms with Crippen LogP contribution in [0.1, 0.15) is 24.8 Å². The van der Waals surface area contributed by atoms with Gasteiger partial charge in [0.15, 0.2) is 0 Å². The maximum absolute atomic E-state index is 12.9. The molecule has 1 aliphatic rings. The zero-order chi connectivity index (χ0) is 16.0. The molecule has 0 radical (unpaired) electrons. The molecular formula is C14H17FN2O4S. The maximum Gasteiger partial charge on any atom is 0.257 e. The number of halogens is 1. The molecule has 1 fully saturated rings. The summed E-state index contributed by atoms with van der Waals surface area (Å²) in [6.45, 7) is 0.542. The molecule has 1 aliphatic heterocycles. The molecular weight excluding hydrogens is 311 g/mol. The van der Waals surface area contributed by atoms with Crippen LogP contribution in [-0.4, -0.2) is 37.8 Å². The van der Waals surface area contributed by atoms with E-state index < -0.39 is 21.7 Å². The molecule has 22 heavy (non-hydrogen) atoms. The predicted molar refractivity (Wildman–Crippen MR) is 78.7 cm³/mol. The number of carbonyl (C=O) groups is 1. The van der Waals surface area contributed by atoms with Gasteiger partial charge in [-0.3, -0.25) is 9.78 Å². The summed E-state index contributed by atoms with van der Waals surface area (Å²) in [4.78, 5) is 15.2. The first-order chi connectivity index (χ1) is 10.4. The average molecular weight is 328 g/mol. The second-order valence-corrected chi connectivity index (χ2v) is 6.77. The van der Waals surface area contributed by atoms with E-state index in [0.717, 1.165) is 25.1 Å². The highest BCUT2D eigenvalue weighted by Gasteiger charge is 2.22. The zero-order valence-corrected chi connectivity index (χ0v) is 12.7. The fourth-order valence-electron chi connectivity index (χ4n) is 2.10. The molecule has 0 aliphatic carbocycles. The molecule has 0 saturated carbocycles. The Hall–Kier alpha value is -1.80. The van der Waals surface area contributed by atoms with Crippen molar-refractivity contribution in [3.8, 4) is 0 Å². The van der Waals surface area contributed by atoms with Crippen LogP contribution < -0.4 is 4.72 Å². The third-order valence-corrected chi connectivity index (χ3v) is 4.41. The van der Waals surface area contributed by atoms with Crippen molar-refractivity contribution in [2.45, 2.75) is 25.4 Å². The highest BCUT2D eigenvalue weighted by Crippen LogP contribution is 2.14. The van der Waals surface area contributed by atoms with Gasteiger partial charge in [0.25, 0.3) is 5.91 Å². The lowest BCUT2D eigenvalue weighted by molar-refractivity contribution is -0.114. The summed E-state index contributed by atoms with van der Waals surface area (Å²) in [5, 5.41) is 0. The number of aromatic nitrogens is 1. The minimum Gasteiger partial charge on any atom is -0.377 e. The molecule has 0 aromatic carbocycles. The van der Waals surface area contributed by atoms with Crippen LogP contribution in [0, 0.1) is 5.82 Å². The van der Waals surface area contributed by atoms with E-state index in [9.17, 15) is 17.6 Å². The first-order valence-corrected chi connectivity index (χ1v) is 8.54. The van der Waals surface area contributed by atoms with Gasteiger partial charge in [-0.2, -0.15) is 0 Å². The molecule has 0 spiro atoms. The Morgan fingerprint density at radius 2 is 2.27 bits per heavy atom. The summed E-state index contributed by atoms with van der Waals surface area (Å²) >= 11 is 0. The molecule has 1 aromatic heterocycles. The molecule has 1 aromatic rings. The van der Waals surface area contributed by atoms with Crippen molar-refractivity contribution in [3.63, 3.8) is 0 Å². The van der Waals surface area contributed by atoms with Crippen molar-refractivity contribution in [2.75, 3.05) is 12.4 Å². The number of hydrogen-bond acceptors (Lipinski definition) is 5. The summed E-state index contributed by atoms with van der Waals surface area (Å²) in [5.74, 6) is -1.57. The lowest BCUT2D eigenvalue weighted by Crippen LogP contribution is -2.37. The van der Waals surface area contributed by atoms with E-state index in [1.807, 2.05) is 4.72 Å². The topological polar surface area (TPSA) is 85.4 Å². The van der Waals surface area contributed by atoms with Gasteiger partial charge >= 0.3 is 0 Å². The average Bonchev–Trinajstić information content (AvgIpc) is 2.45. The molecule has 8 heteroatoms. The Bertz CT molecular complexity index is 655. The van der Waals surface area contributed by atoms with E-state index in [0.29, 0.717) is 18.6 Å². The Kier molecular flexibility index (Phi) is 5.62. The Morgan fingerprint density at radius 3 is 2.95 bits per heavy atom. The standard InChI is InChI=1S/C14H17FN2O4S/c15-12-7-11(8-16-9-12)4-5-14(18)17-22(19,20)10-13-3-1-2-6-21-13/h4-5,7-9,13H,1-3,6,10H2,(H,17,18). The number of rotatable bonds is 5. The van der Waals surface area contributed by atoms with Gasteiger partial charge < -0.3 is 4.74 Å². The van der Waals surface area contributed by atoms with Crippen molar-refractivity contribution in [3.05, 3.63) is 35.9 Å². The van der Waals surface area contributed by atoms with E-state index in [-0.39, 0.29) is 11.9 Å². The summed E-state index contributed by atoms with van der Waals surface area (Å²) in [5.41, 5.74) is 0.364. The van der Waals surface area contributed by atoms with Gasteiger partial charge in [-0.1, -0.05) is 0 Å². The molecule has 2 heterocycles. The lowest BCUT2D eigenvalue weighted by Gasteiger charge is -2.22. The van der Waals surface area contributed by atoms with Crippen LogP contribution in [0.5, 0.6) is 0 Å². The van der Waals surface area contributed by atoms with Crippen LogP contribution in [0.15, 0.2) is 24.5 Å². The van der Waals surface area contributed by atoms with Gasteiger partial charge in [0.2, 0.25) is 10.0 Å². The van der Waals surface area contributed by atoms with E-state index in [4.69, 9.17) is 4.74 Å². The largest absolute Gasteiger partial charge is 0.377 e. The summed E-state index contributed by atoms with van der Waals surface area (Å²) in [7, 11) is -3.76. The van der Waals surface area contributed by atoms with Gasteiger partial charge in [0.1, 0.15) is 5.82 Å². The zero-order valence-electron chi connectivity index (χ0n) is 11.9. The molecule has 1 N–H and O–H groups in total. The SMILES string of the molecule is O=C(C=Cc1cncc(F)c1)NS(=O)(=O)CC1CCCCO1. The van der Waals surface area contributed by atoms with Crippen molar-refractivity contribution < 1.29 is 22.3 Å². The molecule has 120 valence electrons. The van der Waals surface area contributed by atoms with Crippen LogP contribution in [0.4, 0.5) is 4.39 Å². The van der Waals surface area contributed by atoms with Crippen LogP contribution >= 0.6 is 0 Å². The number of carbonyl (C=O) groups excluding carboxylic acids is 1. The smallest absolute Gasteiger partial charge is 0.257 e. The normalized spacial score (nSPS) is 19.2. The molecule has 1 unspecified atom stereocenters. The van der Waals surface area contributed by atoms with Crippen molar-refractivity contribution in [2.24, 2.45) is 0 Å². The number of pyridine rings is 1. The van der Waals surface area contributed by atoms with Gasteiger partial charge in [0.05, 0.1) is 18.1 Å². The number of ether oxygens (including phenoxy) is 1. The Labute approximate surface area is 128 Å². The van der Waals surface area contributed by atoms with Gasteiger partial charge in [-0.25, -0.2) is 17.5 Å². The number of sulfonamides is 1. The first kappa shape index (κ1) is 16.6. The second-order valence-electron chi connectivity index (χ2n) is 5.01. The molecule has 2 rings (SSSR count). The predicted octanol–water partition coefficient (Wildman–Crippen LogP) is 1.25. The third-order valence-electron chi connectivity index (χ3n) is 3.09. The van der Waals surface area contributed by atoms with E-state index in [2.05, 4.69) is 4.98 Å². The van der Waals surface area contributed by atoms with Gasteiger partial charge in [-0.15, -0.1) is 0 Å². The Morgan fingerprint density at radius 1 is 1.45 bits per heavy atom. The quantitative estimate of drug-likeness (QED) is 0.822. The second kappa shape index (κ2) is 7.46. The van der Waals surface area contributed by atoms with Crippen LogP contribution in [0.3, 0.4) is 0 Å². The van der Waals surface area contributed by atoms with Crippen molar-refractivity contribution in [1.29, 1.82) is 0 Å². The molecule has 1 amide bonds. The number of hydrogen-bond donors (Lipinski definition) is 1. The third kappa shape index (κ3) is 5.53. The van der Waals surface area contributed by atoms with Crippen LogP contribution in [0.2, 0.25) is 0 Å². The molecule has 1 atom stereocenters. The highest BCUT2D eigenvalue weighted by molar-refractivity contribution is 7.90. The van der Waals surface area contributed by atoms with Crippen LogP contribution in [0.25, 0.3) is 6.08 Å². The molecule has 1 saturated heterocycles. The highest BCUT2D eigenvalue weighted by atomic mass is 32.2. The molecule has 0 bridgehead atoms. The minimum absolute atomic E-state index is 0.242. The van der Waals surface area contributed by atoms with Gasteiger partial charge in [-0.05, 0) is 37.0 Å². The summed E-state index contributed by atoms with van der Waals surface area (Å²) in [6, 6.07) is 1.18. The number of amides is 1. The number of nitrogens with zero attached hydrogens (tertiary/aromatic N) is 1. The van der Waals surface area contributed by atoms with Crippen LogP contribution in [-0.2, 0) is 19.6 Å². The van der Waals surface area contributed by atoms with E-state index >= 15 is 0 Å². The van der Waals surface area contributed by atoms with Crippen molar-refractivity contribution >= 4 is 22.0 Å². The van der Waals surface area contributed by atoms with E-state index in [1.54, 1.807) is 0 Å². The van der Waals surface area contributed by atoms with Crippen molar-refractivity contribution in [1.82, 2.24) is 9.71 Å². The summed E-state index contributed by atoms with van der Waals surface area (Å²) < 4.78 is 43.9. The molecule has 6 nitrogen and oxygen atoms in total. The van der Waals surface area contributed by atoms with E-state index in [1.165, 1.54) is 18.3 Å². The Balaban J connectivity index is 1.89. The maximum atomic E-state index is 12.9. The lowest BCUT2D eigenvalue weighted by atomic mass is 10.1. The first-order valence-electron chi connectivity index (χ1n) is 6.89. The monoisotopic (exact) mass is 328 g/mol. The minimum atomic E-state index is -3.76. The number of nitrogens with one attached hydrogen (secondary N) is 1. The fraction of sp³-hybridized carbons (Fsp3) is 0.429. The fourth-order valence-corrected chi connectivity index (χ4v) is 3.31.